The maximum absolute atomic E-state index is 12.5. The molecule has 0 radical (unpaired) electrons. The second-order valence-corrected chi connectivity index (χ2v) is 7.32. The molecule has 6 heteroatoms. The minimum absolute atomic E-state index is 0.100. The lowest BCUT2D eigenvalue weighted by atomic mass is 9.95. The molecule has 27 heavy (non-hydrogen) atoms. The third-order valence-corrected chi connectivity index (χ3v) is 4.67. The van der Waals surface area contributed by atoms with Crippen LogP contribution in [0.4, 0.5) is 0 Å². The van der Waals surface area contributed by atoms with E-state index >= 15 is 0 Å². The maximum Gasteiger partial charge on any atom is 0.258 e. The first-order chi connectivity index (χ1) is 12.9. The number of halogens is 1. The summed E-state index contributed by atoms with van der Waals surface area (Å²) in [5, 5.41) is 3.53. The van der Waals surface area contributed by atoms with Crippen molar-refractivity contribution in [3.05, 3.63) is 52.5 Å². The molecule has 144 valence electrons. The zero-order valence-corrected chi connectivity index (χ0v) is 16.5. The first-order valence-corrected chi connectivity index (χ1v) is 9.39. The summed E-state index contributed by atoms with van der Waals surface area (Å²) >= 11 is 6.12. The van der Waals surface area contributed by atoms with E-state index in [1.807, 2.05) is 37.3 Å². The van der Waals surface area contributed by atoms with Crippen molar-refractivity contribution in [1.29, 1.82) is 0 Å². The molecule has 0 saturated carbocycles. The average molecular weight is 390 g/mol. The second kappa shape index (κ2) is 8.53. The van der Waals surface area contributed by atoms with E-state index in [-0.39, 0.29) is 24.5 Å². The van der Waals surface area contributed by atoms with Gasteiger partial charge in [0.2, 0.25) is 0 Å². The Bertz CT molecular complexity index is 822. The van der Waals surface area contributed by atoms with Gasteiger partial charge in [-0.25, -0.2) is 0 Å². The molecular formula is C21H24ClNO4. The summed E-state index contributed by atoms with van der Waals surface area (Å²) in [6.07, 6.45) is 0. The first kappa shape index (κ1) is 19.4. The van der Waals surface area contributed by atoms with Crippen LogP contribution in [0.25, 0.3) is 0 Å². The summed E-state index contributed by atoms with van der Waals surface area (Å²) in [6, 6.07) is 11.1. The summed E-state index contributed by atoms with van der Waals surface area (Å²) < 4.78 is 16.8. The van der Waals surface area contributed by atoms with Gasteiger partial charge in [0, 0.05) is 0 Å². The van der Waals surface area contributed by atoms with Crippen LogP contribution in [0, 0.1) is 12.8 Å². The van der Waals surface area contributed by atoms with Gasteiger partial charge >= 0.3 is 0 Å². The van der Waals surface area contributed by atoms with Gasteiger partial charge in [0.1, 0.15) is 19.0 Å². The summed E-state index contributed by atoms with van der Waals surface area (Å²) in [5.74, 6) is 1.94. The normalized spacial score (nSPS) is 14.0. The van der Waals surface area contributed by atoms with Crippen molar-refractivity contribution >= 4 is 17.5 Å². The number of ether oxygens (including phenoxy) is 3. The molecule has 1 N–H and O–H groups in total. The lowest BCUT2D eigenvalue weighted by molar-refractivity contribution is -0.124. The summed E-state index contributed by atoms with van der Waals surface area (Å²) in [7, 11) is 0. The van der Waals surface area contributed by atoms with E-state index in [0.29, 0.717) is 29.7 Å². The smallest absolute Gasteiger partial charge is 0.258 e. The molecular weight excluding hydrogens is 366 g/mol. The van der Waals surface area contributed by atoms with Gasteiger partial charge in [0.25, 0.3) is 5.91 Å². The third-order valence-electron chi connectivity index (χ3n) is 4.35. The van der Waals surface area contributed by atoms with Crippen LogP contribution >= 0.6 is 11.6 Å². The number of hydrogen-bond acceptors (Lipinski definition) is 4. The number of aryl methyl sites for hydroxylation is 1. The van der Waals surface area contributed by atoms with E-state index in [4.69, 9.17) is 25.8 Å². The molecule has 0 unspecified atom stereocenters. The number of benzene rings is 2. The van der Waals surface area contributed by atoms with Crippen LogP contribution in [0.1, 0.15) is 31.0 Å². The van der Waals surface area contributed by atoms with Crippen molar-refractivity contribution in [3.8, 4) is 17.2 Å². The van der Waals surface area contributed by atoms with Crippen LogP contribution in [-0.2, 0) is 4.79 Å². The number of amides is 1. The molecule has 3 rings (SSSR count). The van der Waals surface area contributed by atoms with E-state index in [1.165, 1.54) is 0 Å². The molecule has 0 fully saturated rings. The highest BCUT2D eigenvalue weighted by molar-refractivity contribution is 6.32. The number of rotatable bonds is 6. The molecule has 1 heterocycles. The van der Waals surface area contributed by atoms with Crippen molar-refractivity contribution in [2.24, 2.45) is 5.92 Å². The SMILES string of the molecule is Cc1ccc(Cl)c(OCC(=O)N[C@H](c2ccc3c(c2)OCCO3)C(C)C)c1. The van der Waals surface area contributed by atoms with Gasteiger partial charge in [-0.15, -0.1) is 0 Å². The van der Waals surface area contributed by atoms with Gasteiger partial charge in [-0.2, -0.15) is 0 Å². The lowest BCUT2D eigenvalue weighted by Gasteiger charge is -2.25. The largest absolute Gasteiger partial charge is 0.486 e. The Kier molecular flexibility index (Phi) is 6.11. The highest BCUT2D eigenvalue weighted by Gasteiger charge is 2.21. The van der Waals surface area contributed by atoms with Crippen LogP contribution in [-0.4, -0.2) is 25.7 Å². The first-order valence-electron chi connectivity index (χ1n) is 9.02. The third kappa shape index (κ3) is 4.86. The molecule has 2 aromatic rings. The van der Waals surface area contributed by atoms with E-state index in [1.54, 1.807) is 6.07 Å². The summed E-state index contributed by atoms with van der Waals surface area (Å²) in [4.78, 5) is 12.5. The molecule has 1 aliphatic heterocycles. The summed E-state index contributed by atoms with van der Waals surface area (Å²) in [5.41, 5.74) is 1.99. The van der Waals surface area contributed by atoms with Crippen LogP contribution in [0.5, 0.6) is 17.2 Å². The van der Waals surface area contributed by atoms with Gasteiger partial charge in [-0.1, -0.05) is 37.6 Å². The predicted octanol–water partition coefficient (Wildman–Crippen LogP) is 4.31. The maximum atomic E-state index is 12.5. The van der Waals surface area contributed by atoms with Crippen LogP contribution in [0.15, 0.2) is 36.4 Å². The predicted molar refractivity (Wildman–Crippen MR) is 105 cm³/mol. The average Bonchev–Trinajstić information content (AvgIpc) is 2.66. The van der Waals surface area contributed by atoms with Crippen molar-refractivity contribution in [1.82, 2.24) is 5.32 Å². The zero-order chi connectivity index (χ0) is 19.4. The second-order valence-electron chi connectivity index (χ2n) is 6.91. The molecule has 0 spiro atoms. The number of hydrogen-bond donors (Lipinski definition) is 1. The fourth-order valence-corrected chi connectivity index (χ4v) is 3.14. The number of nitrogens with one attached hydrogen (secondary N) is 1. The quantitative estimate of drug-likeness (QED) is 0.799. The van der Waals surface area contributed by atoms with Gasteiger partial charge < -0.3 is 19.5 Å². The fourth-order valence-electron chi connectivity index (χ4n) is 2.97. The highest BCUT2D eigenvalue weighted by Crippen LogP contribution is 2.34. The minimum atomic E-state index is -0.207. The van der Waals surface area contributed by atoms with Crippen molar-refractivity contribution < 1.29 is 19.0 Å². The van der Waals surface area contributed by atoms with Crippen molar-refractivity contribution in [2.45, 2.75) is 26.8 Å². The van der Waals surface area contributed by atoms with Gasteiger partial charge in [0.05, 0.1) is 11.1 Å². The molecule has 1 amide bonds. The Balaban J connectivity index is 1.67. The number of carbonyl (C=O) groups excluding carboxylic acids is 1. The van der Waals surface area contributed by atoms with Crippen LogP contribution in [0.2, 0.25) is 5.02 Å². The van der Waals surface area contributed by atoms with Crippen LogP contribution < -0.4 is 19.5 Å². The van der Waals surface area contributed by atoms with E-state index in [9.17, 15) is 4.79 Å². The topological polar surface area (TPSA) is 56.8 Å². The highest BCUT2D eigenvalue weighted by atomic mass is 35.5. The van der Waals surface area contributed by atoms with Crippen LogP contribution in [0.3, 0.4) is 0 Å². The molecule has 0 aromatic heterocycles. The Hall–Kier alpha value is -2.40. The Labute approximate surface area is 164 Å². The standard InChI is InChI=1S/C21H24ClNO4/c1-13(2)21(15-5-7-17-19(11-15)26-9-8-25-17)23-20(24)12-27-18-10-14(3)4-6-16(18)22/h4-7,10-11,13,21H,8-9,12H2,1-3H3,(H,23,24)/t21-/m0/s1. The van der Waals surface area contributed by atoms with E-state index in [0.717, 1.165) is 16.9 Å². The molecule has 5 nitrogen and oxygen atoms in total. The molecule has 1 atom stereocenters. The Morgan fingerprint density at radius 2 is 1.89 bits per heavy atom. The van der Waals surface area contributed by atoms with Gasteiger partial charge in [-0.05, 0) is 48.2 Å². The Morgan fingerprint density at radius 3 is 2.63 bits per heavy atom. The number of carbonyl (C=O) groups is 1. The lowest BCUT2D eigenvalue weighted by Crippen LogP contribution is -2.35. The monoisotopic (exact) mass is 389 g/mol. The molecule has 0 aliphatic carbocycles. The van der Waals surface area contributed by atoms with Gasteiger partial charge in [0.15, 0.2) is 18.1 Å². The summed E-state index contributed by atoms with van der Waals surface area (Å²) in [6.45, 7) is 7.03. The van der Waals surface area contributed by atoms with Crippen molar-refractivity contribution in [2.75, 3.05) is 19.8 Å². The molecule has 0 saturated heterocycles. The van der Waals surface area contributed by atoms with Crippen molar-refractivity contribution in [3.63, 3.8) is 0 Å². The minimum Gasteiger partial charge on any atom is -0.486 e. The van der Waals surface area contributed by atoms with E-state index < -0.39 is 0 Å². The zero-order valence-electron chi connectivity index (χ0n) is 15.8. The van der Waals surface area contributed by atoms with Gasteiger partial charge in [-0.3, -0.25) is 4.79 Å². The molecule has 0 bridgehead atoms. The van der Waals surface area contributed by atoms with E-state index in [2.05, 4.69) is 19.2 Å². The fraction of sp³-hybridized carbons (Fsp3) is 0.381. The molecule has 1 aliphatic rings. The molecule has 2 aromatic carbocycles. The number of fused-ring (bicyclic) bond motifs is 1. The Morgan fingerprint density at radius 1 is 1.15 bits per heavy atom.